The van der Waals surface area contributed by atoms with Gasteiger partial charge >= 0.3 is 0 Å². The Hall–Kier alpha value is -3.02. The Kier molecular flexibility index (Phi) is 5.41. The molecule has 6 heteroatoms. The average molecular weight is 354 g/mol. The summed E-state index contributed by atoms with van der Waals surface area (Å²) in [5.41, 5.74) is 1.33. The Balaban J connectivity index is 1.78. The molecule has 0 saturated carbocycles. The highest BCUT2D eigenvalue weighted by Crippen LogP contribution is 2.31. The minimum atomic E-state index is -0.314. The monoisotopic (exact) mass is 354 g/mol. The topological polar surface area (TPSA) is 76.7 Å². The van der Waals surface area contributed by atoms with Crippen LogP contribution < -0.4 is 20.1 Å². The van der Waals surface area contributed by atoms with Crippen molar-refractivity contribution in [2.24, 2.45) is 0 Å². The van der Waals surface area contributed by atoms with Crippen LogP contribution in [0.4, 0.5) is 5.69 Å². The minimum absolute atomic E-state index is 0.0593. The van der Waals surface area contributed by atoms with E-state index in [1.165, 1.54) is 0 Å². The molecular weight excluding hydrogens is 332 g/mol. The number of fused-ring (bicyclic) bond motifs is 1. The molecule has 1 atom stereocenters. The first kappa shape index (κ1) is 17.8. The van der Waals surface area contributed by atoms with Crippen molar-refractivity contribution in [2.75, 3.05) is 18.5 Å². The molecule has 1 aliphatic rings. The van der Waals surface area contributed by atoms with Crippen LogP contribution in [0.3, 0.4) is 0 Å². The highest BCUT2D eigenvalue weighted by molar-refractivity contribution is 6.09. The van der Waals surface area contributed by atoms with E-state index in [4.69, 9.17) is 9.47 Å². The second-order valence-corrected chi connectivity index (χ2v) is 6.14. The molecule has 0 unspecified atom stereocenters. The quantitative estimate of drug-likeness (QED) is 0.864. The first-order valence-corrected chi connectivity index (χ1v) is 8.69. The molecule has 2 aromatic carbocycles. The summed E-state index contributed by atoms with van der Waals surface area (Å²) in [5.74, 6) is 0.649. The van der Waals surface area contributed by atoms with Crippen LogP contribution in [-0.2, 0) is 0 Å². The van der Waals surface area contributed by atoms with Crippen LogP contribution >= 0.6 is 0 Å². The molecule has 0 fully saturated rings. The van der Waals surface area contributed by atoms with Crippen LogP contribution in [0.5, 0.6) is 11.5 Å². The summed E-state index contributed by atoms with van der Waals surface area (Å²) in [6, 6.07) is 12.0. The Morgan fingerprint density at radius 1 is 1.04 bits per heavy atom. The highest BCUT2D eigenvalue weighted by Gasteiger charge is 2.18. The molecule has 2 N–H and O–H groups in total. The minimum Gasteiger partial charge on any atom is -0.486 e. The average Bonchev–Trinajstić information content (AvgIpc) is 2.67. The molecule has 1 heterocycles. The van der Waals surface area contributed by atoms with Gasteiger partial charge in [0.05, 0.1) is 11.3 Å². The van der Waals surface area contributed by atoms with Crippen LogP contribution in [0.1, 0.15) is 41.0 Å². The molecule has 0 aromatic heterocycles. The summed E-state index contributed by atoms with van der Waals surface area (Å²) in [5, 5.41) is 5.72. The van der Waals surface area contributed by atoms with Crippen LogP contribution in [0.15, 0.2) is 42.5 Å². The molecule has 3 rings (SSSR count). The van der Waals surface area contributed by atoms with Crippen molar-refractivity contribution in [1.82, 2.24) is 5.32 Å². The van der Waals surface area contributed by atoms with Crippen molar-refractivity contribution in [3.8, 4) is 11.5 Å². The van der Waals surface area contributed by atoms with Gasteiger partial charge in [0.15, 0.2) is 11.5 Å². The molecule has 0 saturated heterocycles. The van der Waals surface area contributed by atoms with E-state index >= 15 is 0 Å². The first-order chi connectivity index (χ1) is 12.6. The van der Waals surface area contributed by atoms with Crippen LogP contribution in [0.2, 0.25) is 0 Å². The van der Waals surface area contributed by atoms with E-state index in [1.54, 1.807) is 42.5 Å². The molecule has 136 valence electrons. The molecule has 0 bridgehead atoms. The first-order valence-electron chi connectivity index (χ1n) is 8.69. The number of rotatable bonds is 5. The Morgan fingerprint density at radius 2 is 1.77 bits per heavy atom. The Bertz CT molecular complexity index is 819. The molecule has 0 spiro atoms. The van der Waals surface area contributed by atoms with Gasteiger partial charge in [-0.25, -0.2) is 0 Å². The molecule has 0 aliphatic carbocycles. The number of carbonyl (C=O) groups excluding carboxylic acids is 2. The van der Waals surface area contributed by atoms with Gasteiger partial charge in [-0.1, -0.05) is 19.1 Å². The maximum absolute atomic E-state index is 12.6. The van der Waals surface area contributed by atoms with Crippen molar-refractivity contribution in [3.05, 3.63) is 53.6 Å². The van der Waals surface area contributed by atoms with Crippen molar-refractivity contribution in [3.63, 3.8) is 0 Å². The van der Waals surface area contributed by atoms with E-state index < -0.39 is 0 Å². The fourth-order valence-electron chi connectivity index (χ4n) is 2.57. The number of amides is 2. The van der Waals surface area contributed by atoms with Gasteiger partial charge in [-0.15, -0.1) is 0 Å². The van der Waals surface area contributed by atoms with Gasteiger partial charge in [0.1, 0.15) is 13.2 Å². The largest absolute Gasteiger partial charge is 0.486 e. The molecular formula is C20H22N2O4. The summed E-state index contributed by atoms with van der Waals surface area (Å²) in [4.78, 5) is 25.1. The maximum atomic E-state index is 12.6. The highest BCUT2D eigenvalue weighted by atomic mass is 16.6. The summed E-state index contributed by atoms with van der Waals surface area (Å²) >= 11 is 0. The number of para-hydroxylation sites is 1. The van der Waals surface area contributed by atoms with Crippen molar-refractivity contribution in [1.29, 1.82) is 0 Å². The standard InChI is InChI=1S/C20H22N2O4/c1-3-13(2)21-20(24)15-6-4-5-7-16(15)22-19(23)14-8-9-17-18(12-14)26-11-10-25-17/h4-9,12-13H,3,10-11H2,1-2H3,(H,21,24)(H,22,23)/t13-/m1/s1. The number of hydrogen-bond acceptors (Lipinski definition) is 4. The number of anilines is 1. The van der Waals surface area contributed by atoms with E-state index in [9.17, 15) is 9.59 Å². The van der Waals surface area contributed by atoms with E-state index in [-0.39, 0.29) is 17.9 Å². The fourth-order valence-corrected chi connectivity index (χ4v) is 2.57. The zero-order valence-corrected chi connectivity index (χ0v) is 14.9. The molecule has 2 amide bonds. The second-order valence-electron chi connectivity index (χ2n) is 6.14. The SMILES string of the molecule is CC[C@@H](C)NC(=O)c1ccccc1NC(=O)c1ccc2c(c1)OCCO2. The van der Waals surface area contributed by atoms with Crippen molar-refractivity contribution >= 4 is 17.5 Å². The summed E-state index contributed by atoms with van der Waals surface area (Å²) in [7, 11) is 0. The Morgan fingerprint density at radius 3 is 2.54 bits per heavy atom. The van der Waals surface area contributed by atoms with Gasteiger partial charge < -0.3 is 20.1 Å². The van der Waals surface area contributed by atoms with E-state index in [0.717, 1.165) is 6.42 Å². The van der Waals surface area contributed by atoms with E-state index in [2.05, 4.69) is 10.6 Å². The molecule has 6 nitrogen and oxygen atoms in total. The predicted molar refractivity (Wildman–Crippen MR) is 99.0 cm³/mol. The normalized spacial score (nSPS) is 13.6. The third-order valence-electron chi connectivity index (χ3n) is 4.21. The lowest BCUT2D eigenvalue weighted by molar-refractivity contribution is 0.0940. The predicted octanol–water partition coefficient (Wildman–Crippen LogP) is 3.24. The lowest BCUT2D eigenvalue weighted by Gasteiger charge is -2.19. The van der Waals surface area contributed by atoms with Crippen LogP contribution in [0.25, 0.3) is 0 Å². The molecule has 2 aromatic rings. The van der Waals surface area contributed by atoms with E-state index in [1.807, 2.05) is 13.8 Å². The number of carbonyl (C=O) groups is 2. The van der Waals surface area contributed by atoms with Gasteiger partial charge in [-0.05, 0) is 43.7 Å². The summed E-state index contributed by atoms with van der Waals surface area (Å²) < 4.78 is 11.0. The third-order valence-corrected chi connectivity index (χ3v) is 4.21. The van der Waals surface area contributed by atoms with Gasteiger partial charge in [0.2, 0.25) is 0 Å². The van der Waals surface area contributed by atoms with Gasteiger partial charge in [-0.3, -0.25) is 9.59 Å². The number of nitrogens with one attached hydrogen (secondary N) is 2. The molecule has 0 radical (unpaired) electrons. The zero-order valence-electron chi connectivity index (χ0n) is 14.9. The summed E-state index contributed by atoms with van der Waals surface area (Å²) in [6.07, 6.45) is 0.831. The third kappa shape index (κ3) is 3.96. The Labute approximate surface area is 152 Å². The number of hydrogen-bond donors (Lipinski definition) is 2. The molecule has 1 aliphatic heterocycles. The van der Waals surface area contributed by atoms with Crippen LogP contribution in [-0.4, -0.2) is 31.1 Å². The van der Waals surface area contributed by atoms with Crippen molar-refractivity contribution < 1.29 is 19.1 Å². The van der Waals surface area contributed by atoms with Gasteiger partial charge in [0.25, 0.3) is 11.8 Å². The smallest absolute Gasteiger partial charge is 0.255 e. The number of ether oxygens (including phenoxy) is 2. The van der Waals surface area contributed by atoms with Gasteiger partial charge in [0, 0.05) is 11.6 Å². The van der Waals surface area contributed by atoms with E-state index in [0.29, 0.717) is 41.5 Å². The lowest BCUT2D eigenvalue weighted by Crippen LogP contribution is -2.32. The number of benzene rings is 2. The maximum Gasteiger partial charge on any atom is 0.255 e. The van der Waals surface area contributed by atoms with Crippen molar-refractivity contribution in [2.45, 2.75) is 26.3 Å². The zero-order chi connectivity index (χ0) is 18.5. The van der Waals surface area contributed by atoms with Gasteiger partial charge in [-0.2, -0.15) is 0 Å². The summed E-state index contributed by atoms with van der Waals surface area (Å²) in [6.45, 7) is 4.89. The lowest BCUT2D eigenvalue weighted by atomic mass is 10.1. The second kappa shape index (κ2) is 7.91. The van der Waals surface area contributed by atoms with Crippen LogP contribution in [0, 0.1) is 0 Å². The fraction of sp³-hybridized carbons (Fsp3) is 0.300. The molecule has 26 heavy (non-hydrogen) atoms.